The smallest absolute Gasteiger partial charge is 0.180 e. The Kier molecular flexibility index (Phi) is 3.53. The molecule has 0 fully saturated rings. The molecule has 0 bridgehead atoms. The van der Waals surface area contributed by atoms with Crippen LogP contribution in [-0.2, 0) is 6.54 Å². The number of imidazole rings is 1. The van der Waals surface area contributed by atoms with Crippen molar-refractivity contribution in [2.24, 2.45) is 5.84 Å². The van der Waals surface area contributed by atoms with Crippen molar-refractivity contribution >= 4 is 28.6 Å². The number of hydrogen-bond donors (Lipinski definition) is 2. The Hall–Kier alpha value is -2.12. The zero-order valence-electron chi connectivity index (χ0n) is 11.2. The van der Waals surface area contributed by atoms with E-state index in [4.69, 9.17) is 5.84 Å². The molecule has 3 aromatic rings. The summed E-state index contributed by atoms with van der Waals surface area (Å²) in [5.74, 6) is 6.95. The number of nitrogen functional groups attached to an aromatic ring is 1. The van der Waals surface area contributed by atoms with Gasteiger partial charge in [-0.1, -0.05) is 6.07 Å². The number of fused-ring (bicyclic) bond motifs is 1. The molecule has 3 heterocycles. The molecule has 7 heteroatoms. The number of anilines is 2. The van der Waals surface area contributed by atoms with E-state index in [-0.39, 0.29) is 0 Å². The van der Waals surface area contributed by atoms with Gasteiger partial charge in [-0.2, -0.15) is 0 Å². The van der Waals surface area contributed by atoms with Gasteiger partial charge in [-0.25, -0.2) is 15.8 Å². The normalized spacial score (nSPS) is 10.9. The van der Waals surface area contributed by atoms with Crippen LogP contribution >= 0.6 is 11.3 Å². The summed E-state index contributed by atoms with van der Waals surface area (Å²) in [4.78, 5) is 12.4. The first-order valence-electron chi connectivity index (χ1n) is 6.39. The third-order valence-electron chi connectivity index (χ3n) is 3.11. The van der Waals surface area contributed by atoms with Crippen LogP contribution in [0, 0.1) is 0 Å². The minimum absolute atomic E-state index is 0.620. The maximum atomic E-state index is 5.49. The molecule has 0 aromatic carbocycles. The van der Waals surface area contributed by atoms with Crippen molar-refractivity contribution < 1.29 is 0 Å². The van der Waals surface area contributed by atoms with Gasteiger partial charge in [-0.15, -0.1) is 11.3 Å². The van der Waals surface area contributed by atoms with Crippen molar-refractivity contribution in [3.8, 4) is 0 Å². The Morgan fingerprint density at radius 3 is 3.10 bits per heavy atom. The van der Waals surface area contributed by atoms with E-state index in [9.17, 15) is 0 Å². The molecular weight excluding hydrogens is 272 g/mol. The number of hydrogen-bond acceptors (Lipinski definition) is 6. The van der Waals surface area contributed by atoms with Crippen LogP contribution in [-0.4, -0.2) is 20.9 Å². The van der Waals surface area contributed by atoms with E-state index in [0.29, 0.717) is 5.82 Å². The van der Waals surface area contributed by atoms with E-state index in [2.05, 4.69) is 44.7 Å². The fraction of sp³-hybridized carbons (Fsp3) is 0.231. The first-order chi connectivity index (χ1) is 9.81. The number of rotatable bonds is 5. The van der Waals surface area contributed by atoms with Crippen molar-refractivity contribution in [2.45, 2.75) is 13.5 Å². The lowest BCUT2D eigenvalue weighted by molar-refractivity contribution is 0.821. The molecule has 0 saturated heterocycles. The molecular formula is C13H16N6S. The van der Waals surface area contributed by atoms with E-state index in [1.807, 2.05) is 16.8 Å². The second-order valence-corrected chi connectivity index (χ2v) is 5.38. The number of aromatic nitrogens is 3. The van der Waals surface area contributed by atoms with Crippen LogP contribution in [0.4, 0.5) is 11.6 Å². The lowest BCUT2D eigenvalue weighted by Crippen LogP contribution is -2.24. The Balaban J connectivity index is 2.03. The van der Waals surface area contributed by atoms with Gasteiger partial charge in [0.25, 0.3) is 0 Å². The predicted octanol–water partition coefficient (Wildman–Crippen LogP) is 2.10. The maximum absolute atomic E-state index is 5.49. The lowest BCUT2D eigenvalue weighted by Gasteiger charge is -2.22. The van der Waals surface area contributed by atoms with Gasteiger partial charge in [-0.3, -0.25) is 0 Å². The maximum Gasteiger partial charge on any atom is 0.180 e. The van der Waals surface area contributed by atoms with E-state index in [1.54, 1.807) is 17.5 Å². The standard InChI is InChI=1S/C13H16N6S/c1-2-18(8-10-4-3-7-20-10)13-12-15-5-6-19(12)9-11(16-13)17-14/h3-7,9,17H,2,8,14H2,1H3. The minimum atomic E-state index is 0.620. The molecule has 3 rings (SSSR count). The van der Waals surface area contributed by atoms with Gasteiger partial charge in [0.15, 0.2) is 17.3 Å². The SMILES string of the molecule is CCN(Cc1cccs1)c1nc(NN)cn2ccnc12. The molecule has 0 radical (unpaired) electrons. The quantitative estimate of drug-likeness (QED) is 0.556. The zero-order chi connectivity index (χ0) is 13.9. The molecule has 3 aromatic heterocycles. The number of nitrogens with zero attached hydrogens (tertiary/aromatic N) is 4. The number of hydrazine groups is 1. The Labute approximate surface area is 120 Å². The fourth-order valence-electron chi connectivity index (χ4n) is 2.12. The summed E-state index contributed by atoms with van der Waals surface area (Å²) in [6.07, 6.45) is 5.48. The van der Waals surface area contributed by atoms with Crippen LogP contribution in [0.3, 0.4) is 0 Å². The van der Waals surface area contributed by atoms with Crippen molar-refractivity contribution in [3.05, 3.63) is 41.0 Å². The first-order valence-corrected chi connectivity index (χ1v) is 7.27. The molecule has 0 unspecified atom stereocenters. The summed E-state index contributed by atoms with van der Waals surface area (Å²) in [6.45, 7) is 3.77. The van der Waals surface area contributed by atoms with Crippen molar-refractivity contribution in [3.63, 3.8) is 0 Å². The summed E-state index contributed by atoms with van der Waals surface area (Å²) in [7, 11) is 0. The molecule has 0 atom stereocenters. The fourth-order valence-corrected chi connectivity index (χ4v) is 2.84. The lowest BCUT2D eigenvalue weighted by atomic mass is 10.4. The third-order valence-corrected chi connectivity index (χ3v) is 3.97. The first kappa shape index (κ1) is 12.9. The largest absolute Gasteiger partial charge is 0.349 e. The van der Waals surface area contributed by atoms with Gasteiger partial charge in [0, 0.05) is 23.8 Å². The van der Waals surface area contributed by atoms with Crippen molar-refractivity contribution in [1.82, 2.24) is 14.4 Å². The highest BCUT2D eigenvalue weighted by Gasteiger charge is 2.14. The Bertz CT molecular complexity index is 690. The van der Waals surface area contributed by atoms with E-state index in [1.165, 1.54) is 4.88 Å². The number of thiophene rings is 1. The molecule has 0 spiro atoms. The third kappa shape index (κ3) is 2.33. The number of nitrogens with two attached hydrogens (primary N) is 1. The average Bonchev–Trinajstić information content (AvgIpc) is 3.14. The molecule has 0 saturated carbocycles. The van der Waals surface area contributed by atoms with Gasteiger partial charge in [0.2, 0.25) is 0 Å². The molecule has 20 heavy (non-hydrogen) atoms. The Morgan fingerprint density at radius 1 is 1.50 bits per heavy atom. The topological polar surface area (TPSA) is 71.5 Å². The summed E-state index contributed by atoms with van der Waals surface area (Å²) in [6, 6.07) is 4.19. The van der Waals surface area contributed by atoms with Crippen LogP contribution < -0.4 is 16.2 Å². The van der Waals surface area contributed by atoms with Crippen LogP contribution in [0.15, 0.2) is 36.1 Å². The summed E-state index contributed by atoms with van der Waals surface area (Å²) < 4.78 is 1.93. The number of nitrogens with one attached hydrogen (secondary N) is 1. The zero-order valence-corrected chi connectivity index (χ0v) is 12.0. The van der Waals surface area contributed by atoms with Gasteiger partial charge in [0.05, 0.1) is 12.7 Å². The second-order valence-electron chi connectivity index (χ2n) is 4.35. The molecule has 0 amide bonds. The molecule has 0 aliphatic carbocycles. The van der Waals surface area contributed by atoms with Gasteiger partial charge in [-0.05, 0) is 18.4 Å². The average molecular weight is 288 g/mol. The monoisotopic (exact) mass is 288 g/mol. The Morgan fingerprint density at radius 2 is 2.40 bits per heavy atom. The van der Waals surface area contributed by atoms with Crippen molar-refractivity contribution in [2.75, 3.05) is 16.9 Å². The molecule has 0 aliphatic rings. The second kappa shape index (κ2) is 5.48. The molecule has 104 valence electrons. The summed E-state index contributed by atoms with van der Waals surface area (Å²) >= 11 is 1.74. The van der Waals surface area contributed by atoms with E-state index >= 15 is 0 Å². The predicted molar refractivity (Wildman–Crippen MR) is 81.8 cm³/mol. The highest BCUT2D eigenvalue weighted by molar-refractivity contribution is 7.09. The van der Waals surface area contributed by atoms with Gasteiger partial charge >= 0.3 is 0 Å². The van der Waals surface area contributed by atoms with Crippen LogP contribution in [0.5, 0.6) is 0 Å². The van der Waals surface area contributed by atoms with E-state index < -0.39 is 0 Å². The van der Waals surface area contributed by atoms with Crippen LogP contribution in [0.1, 0.15) is 11.8 Å². The molecule has 0 aliphatic heterocycles. The minimum Gasteiger partial charge on any atom is -0.349 e. The van der Waals surface area contributed by atoms with Crippen LogP contribution in [0.2, 0.25) is 0 Å². The van der Waals surface area contributed by atoms with Crippen LogP contribution in [0.25, 0.3) is 5.65 Å². The molecule has 6 nitrogen and oxygen atoms in total. The summed E-state index contributed by atoms with van der Waals surface area (Å²) in [5, 5.41) is 2.08. The highest BCUT2D eigenvalue weighted by Crippen LogP contribution is 2.23. The van der Waals surface area contributed by atoms with Gasteiger partial charge < -0.3 is 14.7 Å². The summed E-state index contributed by atoms with van der Waals surface area (Å²) in [5.41, 5.74) is 3.44. The van der Waals surface area contributed by atoms with Crippen molar-refractivity contribution in [1.29, 1.82) is 0 Å². The van der Waals surface area contributed by atoms with E-state index in [0.717, 1.165) is 24.6 Å². The van der Waals surface area contributed by atoms with Gasteiger partial charge in [0.1, 0.15) is 0 Å². The molecule has 3 N–H and O–H groups in total. The highest BCUT2D eigenvalue weighted by atomic mass is 32.1.